The van der Waals surface area contributed by atoms with Crippen molar-refractivity contribution in [2.45, 2.75) is 41.5 Å². The van der Waals surface area contributed by atoms with Gasteiger partial charge in [-0.2, -0.15) is 0 Å². The van der Waals surface area contributed by atoms with E-state index in [2.05, 4.69) is 65.1 Å². The molecule has 0 radical (unpaired) electrons. The lowest BCUT2D eigenvalue weighted by molar-refractivity contribution is -0.116. The minimum absolute atomic E-state index is 0.0127. The lowest BCUT2D eigenvalue weighted by Crippen LogP contribution is -2.32. The highest BCUT2D eigenvalue weighted by atomic mass is 16.1. The zero-order chi connectivity index (χ0) is 16.0. The van der Waals surface area contributed by atoms with Crippen LogP contribution in [0.3, 0.4) is 0 Å². The van der Waals surface area contributed by atoms with Crippen LogP contribution in [0.15, 0.2) is 24.3 Å². The van der Waals surface area contributed by atoms with Gasteiger partial charge in [-0.15, -0.1) is 0 Å². The van der Waals surface area contributed by atoms with Crippen molar-refractivity contribution in [1.29, 1.82) is 0 Å². The molecule has 0 aromatic heterocycles. The standard InChI is InChI=1S/C19H29NO/c1-13(2)18(14(3)4)12-20-19(21)10-9-17-8-7-15(5)11-16(17)6/h7-11,13-14,18H,12H2,1-6H3,(H,20,21)/b10-9+. The molecule has 0 bridgehead atoms. The number of rotatable bonds is 6. The number of carbonyl (C=O) groups is 1. The molecular weight excluding hydrogens is 258 g/mol. The second kappa shape index (κ2) is 8.02. The third-order valence-corrected chi connectivity index (χ3v) is 4.06. The van der Waals surface area contributed by atoms with E-state index in [4.69, 9.17) is 0 Å². The summed E-state index contributed by atoms with van der Waals surface area (Å²) in [5.74, 6) is 1.66. The Kier molecular flexibility index (Phi) is 6.67. The Morgan fingerprint density at radius 1 is 1.14 bits per heavy atom. The molecule has 2 nitrogen and oxygen atoms in total. The van der Waals surface area contributed by atoms with Crippen molar-refractivity contribution >= 4 is 12.0 Å². The molecule has 0 fully saturated rings. The Morgan fingerprint density at radius 3 is 2.29 bits per heavy atom. The van der Waals surface area contributed by atoms with Crippen LogP contribution in [0, 0.1) is 31.6 Å². The van der Waals surface area contributed by atoms with Crippen LogP contribution < -0.4 is 5.32 Å². The Morgan fingerprint density at radius 2 is 1.76 bits per heavy atom. The first kappa shape index (κ1) is 17.5. The normalized spacial score (nSPS) is 11.9. The molecule has 1 rings (SSSR count). The van der Waals surface area contributed by atoms with Gasteiger partial charge < -0.3 is 5.32 Å². The molecule has 0 atom stereocenters. The fraction of sp³-hybridized carbons (Fsp3) is 0.526. The van der Waals surface area contributed by atoms with E-state index in [0.29, 0.717) is 17.8 Å². The molecule has 1 aromatic rings. The monoisotopic (exact) mass is 287 g/mol. The number of benzene rings is 1. The predicted molar refractivity (Wildman–Crippen MR) is 91.1 cm³/mol. The lowest BCUT2D eigenvalue weighted by Gasteiger charge is -2.24. The summed E-state index contributed by atoms with van der Waals surface area (Å²) in [6.07, 6.45) is 3.53. The van der Waals surface area contributed by atoms with Crippen molar-refractivity contribution in [1.82, 2.24) is 5.32 Å². The summed E-state index contributed by atoms with van der Waals surface area (Å²) in [4.78, 5) is 11.9. The number of hydrogen-bond donors (Lipinski definition) is 1. The van der Waals surface area contributed by atoms with Gasteiger partial charge in [0, 0.05) is 12.6 Å². The largest absolute Gasteiger partial charge is 0.352 e. The van der Waals surface area contributed by atoms with Crippen LogP contribution >= 0.6 is 0 Å². The molecule has 0 saturated carbocycles. The summed E-state index contributed by atoms with van der Waals surface area (Å²) in [5.41, 5.74) is 3.53. The number of hydrogen-bond acceptors (Lipinski definition) is 1. The van der Waals surface area contributed by atoms with Crippen molar-refractivity contribution in [3.63, 3.8) is 0 Å². The number of aryl methyl sites for hydroxylation is 2. The second-order valence-corrected chi connectivity index (χ2v) is 6.59. The summed E-state index contributed by atoms with van der Waals surface area (Å²) in [7, 11) is 0. The Hall–Kier alpha value is -1.57. The Labute approximate surface area is 129 Å². The molecule has 0 aliphatic carbocycles. The van der Waals surface area contributed by atoms with E-state index in [1.54, 1.807) is 6.08 Å². The number of carbonyl (C=O) groups excluding carboxylic acids is 1. The molecule has 0 unspecified atom stereocenters. The zero-order valence-corrected chi connectivity index (χ0v) is 14.2. The summed E-state index contributed by atoms with van der Waals surface area (Å²) in [6.45, 7) is 13.7. The first-order valence-corrected chi connectivity index (χ1v) is 7.84. The molecule has 1 N–H and O–H groups in total. The van der Waals surface area contributed by atoms with Gasteiger partial charge in [-0.05, 0) is 48.8 Å². The first-order valence-electron chi connectivity index (χ1n) is 7.84. The summed E-state index contributed by atoms with van der Waals surface area (Å²) >= 11 is 0. The van der Waals surface area contributed by atoms with Gasteiger partial charge in [0.2, 0.25) is 5.91 Å². The van der Waals surface area contributed by atoms with E-state index < -0.39 is 0 Å². The summed E-state index contributed by atoms with van der Waals surface area (Å²) in [5, 5.41) is 3.02. The van der Waals surface area contributed by atoms with Crippen molar-refractivity contribution < 1.29 is 4.79 Å². The van der Waals surface area contributed by atoms with Crippen LogP contribution in [0.4, 0.5) is 0 Å². The van der Waals surface area contributed by atoms with Crippen LogP contribution in [0.5, 0.6) is 0 Å². The molecule has 0 saturated heterocycles. The third kappa shape index (κ3) is 5.74. The van der Waals surface area contributed by atoms with Crippen LogP contribution in [-0.4, -0.2) is 12.5 Å². The second-order valence-electron chi connectivity index (χ2n) is 6.59. The van der Waals surface area contributed by atoms with Crippen molar-refractivity contribution in [3.05, 3.63) is 41.0 Å². The van der Waals surface area contributed by atoms with E-state index in [1.807, 2.05) is 6.08 Å². The maximum Gasteiger partial charge on any atom is 0.244 e. The maximum absolute atomic E-state index is 11.9. The van der Waals surface area contributed by atoms with Gasteiger partial charge in [0.05, 0.1) is 0 Å². The average molecular weight is 287 g/mol. The highest BCUT2D eigenvalue weighted by Crippen LogP contribution is 2.19. The van der Waals surface area contributed by atoms with E-state index in [1.165, 1.54) is 11.1 Å². The molecule has 0 heterocycles. The average Bonchev–Trinajstić information content (AvgIpc) is 2.37. The van der Waals surface area contributed by atoms with Crippen LogP contribution in [-0.2, 0) is 4.79 Å². The van der Waals surface area contributed by atoms with Crippen LogP contribution in [0.25, 0.3) is 6.08 Å². The molecule has 116 valence electrons. The lowest BCUT2D eigenvalue weighted by atomic mass is 9.85. The van der Waals surface area contributed by atoms with Crippen molar-refractivity contribution in [2.24, 2.45) is 17.8 Å². The minimum atomic E-state index is -0.0127. The molecule has 21 heavy (non-hydrogen) atoms. The highest BCUT2D eigenvalue weighted by molar-refractivity contribution is 5.91. The summed E-state index contributed by atoms with van der Waals surface area (Å²) in [6, 6.07) is 6.25. The SMILES string of the molecule is Cc1ccc(/C=C/C(=O)NCC(C(C)C)C(C)C)c(C)c1. The molecule has 1 amide bonds. The Balaban J connectivity index is 2.59. The van der Waals surface area contributed by atoms with E-state index in [9.17, 15) is 4.79 Å². The van der Waals surface area contributed by atoms with Gasteiger partial charge in [-0.1, -0.05) is 51.5 Å². The first-order chi connectivity index (χ1) is 9.81. The third-order valence-electron chi connectivity index (χ3n) is 4.06. The van der Waals surface area contributed by atoms with Crippen molar-refractivity contribution in [3.8, 4) is 0 Å². The fourth-order valence-corrected chi connectivity index (χ4v) is 2.70. The zero-order valence-electron chi connectivity index (χ0n) is 14.2. The molecular formula is C19H29NO. The Bertz CT molecular complexity index is 492. The van der Waals surface area contributed by atoms with Gasteiger partial charge in [-0.3, -0.25) is 4.79 Å². The quantitative estimate of drug-likeness (QED) is 0.774. The minimum Gasteiger partial charge on any atom is -0.352 e. The van der Waals surface area contributed by atoms with Gasteiger partial charge in [0.25, 0.3) is 0 Å². The number of nitrogens with one attached hydrogen (secondary N) is 1. The van der Waals surface area contributed by atoms with E-state index >= 15 is 0 Å². The van der Waals surface area contributed by atoms with Gasteiger partial charge in [0.1, 0.15) is 0 Å². The molecule has 1 aromatic carbocycles. The van der Waals surface area contributed by atoms with Crippen LogP contribution in [0.2, 0.25) is 0 Å². The topological polar surface area (TPSA) is 29.1 Å². The molecule has 0 spiro atoms. The highest BCUT2D eigenvalue weighted by Gasteiger charge is 2.17. The summed E-state index contributed by atoms with van der Waals surface area (Å²) < 4.78 is 0. The maximum atomic E-state index is 11.9. The van der Waals surface area contributed by atoms with E-state index in [-0.39, 0.29) is 5.91 Å². The molecule has 0 aliphatic rings. The molecule has 2 heteroatoms. The van der Waals surface area contributed by atoms with Crippen LogP contribution in [0.1, 0.15) is 44.4 Å². The molecule has 0 aliphatic heterocycles. The fourth-order valence-electron chi connectivity index (χ4n) is 2.70. The smallest absolute Gasteiger partial charge is 0.244 e. The number of amides is 1. The predicted octanol–water partition coefficient (Wildman–Crippen LogP) is 4.36. The van der Waals surface area contributed by atoms with Gasteiger partial charge >= 0.3 is 0 Å². The van der Waals surface area contributed by atoms with Crippen molar-refractivity contribution in [2.75, 3.05) is 6.54 Å². The van der Waals surface area contributed by atoms with E-state index in [0.717, 1.165) is 12.1 Å². The van der Waals surface area contributed by atoms with Gasteiger partial charge in [0.15, 0.2) is 0 Å². The van der Waals surface area contributed by atoms with Gasteiger partial charge in [-0.25, -0.2) is 0 Å².